The Hall–Kier alpha value is -0.580. The van der Waals surface area contributed by atoms with Crippen LogP contribution < -0.4 is 0 Å². The molecular weight excluding hydrogens is 204 g/mol. The molecule has 1 aliphatic heterocycles. The lowest BCUT2D eigenvalue weighted by Crippen LogP contribution is -2.49. The molecule has 0 spiro atoms. The van der Waals surface area contributed by atoms with Crippen molar-refractivity contribution in [1.29, 1.82) is 0 Å². The molecule has 0 aromatic rings. The summed E-state index contributed by atoms with van der Waals surface area (Å²) in [6.45, 7) is 0. The van der Waals surface area contributed by atoms with Crippen LogP contribution in [0.1, 0.15) is 25.7 Å². The lowest BCUT2D eigenvalue weighted by Gasteiger charge is -2.39. The monoisotopic (exact) mass is 218 g/mol. The van der Waals surface area contributed by atoms with Gasteiger partial charge in [0.05, 0.1) is 16.9 Å². The van der Waals surface area contributed by atoms with Crippen LogP contribution in [0.2, 0.25) is 0 Å². The van der Waals surface area contributed by atoms with E-state index in [0.29, 0.717) is 6.42 Å². The second-order valence-corrected chi connectivity index (χ2v) is 6.59. The molecular formula is C9H14O4S. The van der Waals surface area contributed by atoms with Gasteiger partial charge in [0.1, 0.15) is 0 Å². The van der Waals surface area contributed by atoms with E-state index < -0.39 is 27.0 Å². The predicted molar refractivity (Wildman–Crippen MR) is 50.7 cm³/mol. The highest BCUT2D eigenvalue weighted by Crippen LogP contribution is 2.41. The van der Waals surface area contributed by atoms with E-state index in [1.807, 2.05) is 0 Å². The summed E-state index contributed by atoms with van der Waals surface area (Å²) in [5, 5.41) is 8.42. The van der Waals surface area contributed by atoms with Gasteiger partial charge < -0.3 is 5.11 Å². The third-order valence-electron chi connectivity index (χ3n) is 3.49. The fourth-order valence-corrected chi connectivity index (χ4v) is 3.99. The Kier molecular flexibility index (Phi) is 2.29. The van der Waals surface area contributed by atoms with E-state index in [-0.39, 0.29) is 11.7 Å². The van der Waals surface area contributed by atoms with Crippen molar-refractivity contribution >= 4 is 15.8 Å². The van der Waals surface area contributed by atoms with Crippen LogP contribution in [0.3, 0.4) is 0 Å². The van der Waals surface area contributed by atoms with Gasteiger partial charge in [-0.15, -0.1) is 0 Å². The number of sulfone groups is 1. The smallest absolute Gasteiger partial charge is 0.308 e. The average Bonchev–Trinajstić information content (AvgIpc) is 1.98. The third kappa shape index (κ3) is 1.43. The van der Waals surface area contributed by atoms with Gasteiger partial charge >= 0.3 is 5.97 Å². The number of carboxylic acids is 1. The zero-order valence-electron chi connectivity index (χ0n) is 7.85. The highest BCUT2D eigenvalue weighted by molar-refractivity contribution is 7.93. The second kappa shape index (κ2) is 3.22. The average molecular weight is 218 g/mol. The van der Waals surface area contributed by atoms with Gasteiger partial charge in [0.2, 0.25) is 0 Å². The third-order valence-corrected chi connectivity index (χ3v) is 5.75. The topological polar surface area (TPSA) is 71.4 Å². The minimum atomic E-state index is -3.07. The maximum atomic E-state index is 11.3. The summed E-state index contributed by atoms with van der Waals surface area (Å²) in [6.07, 6.45) is 3.34. The van der Waals surface area contributed by atoms with Gasteiger partial charge in [0.15, 0.2) is 9.84 Å². The zero-order valence-corrected chi connectivity index (χ0v) is 8.66. The van der Waals surface area contributed by atoms with Gasteiger partial charge in [0.25, 0.3) is 0 Å². The van der Waals surface area contributed by atoms with Crippen molar-refractivity contribution in [2.75, 3.05) is 5.75 Å². The van der Waals surface area contributed by atoms with Crippen LogP contribution in [0.4, 0.5) is 0 Å². The molecule has 0 aromatic carbocycles. The van der Waals surface area contributed by atoms with Crippen molar-refractivity contribution in [1.82, 2.24) is 0 Å². The van der Waals surface area contributed by atoms with E-state index in [4.69, 9.17) is 5.11 Å². The van der Waals surface area contributed by atoms with Crippen molar-refractivity contribution < 1.29 is 18.3 Å². The first kappa shape index (κ1) is 9.96. The lowest BCUT2D eigenvalue weighted by molar-refractivity contribution is -0.145. The number of hydrogen-bond donors (Lipinski definition) is 1. The minimum Gasteiger partial charge on any atom is -0.481 e. The quantitative estimate of drug-likeness (QED) is 0.756. The van der Waals surface area contributed by atoms with Crippen molar-refractivity contribution in [2.45, 2.75) is 30.9 Å². The molecule has 2 aliphatic rings. The molecule has 0 radical (unpaired) electrons. The Morgan fingerprint density at radius 2 is 1.93 bits per heavy atom. The molecule has 2 atom stereocenters. The van der Waals surface area contributed by atoms with Gasteiger partial charge in [-0.1, -0.05) is 6.42 Å². The molecule has 2 fully saturated rings. The number of hydrogen-bond acceptors (Lipinski definition) is 3. The minimum absolute atomic E-state index is 0.104. The van der Waals surface area contributed by atoms with Crippen LogP contribution in [-0.4, -0.2) is 30.5 Å². The normalized spacial score (nSPS) is 32.7. The molecule has 2 rings (SSSR count). The van der Waals surface area contributed by atoms with Crippen molar-refractivity contribution in [3.05, 3.63) is 0 Å². The van der Waals surface area contributed by atoms with E-state index in [0.717, 1.165) is 19.3 Å². The Morgan fingerprint density at radius 3 is 2.14 bits per heavy atom. The molecule has 0 aromatic heterocycles. The molecule has 5 heteroatoms. The summed E-state index contributed by atoms with van der Waals surface area (Å²) >= 11 is 0. The fourth-order valence-electron chi connectivity index (χ4n) is 2.31. The molecule has 14 heavy (non-hydrogen) atoms. The van der Waals surface area contributed by atoms with Gasteiger partial charge in [-0.25, -0.2) is 8.42 Å². The number of aliphatic carboxylic acids is 1. The molecule has 2 unspecified atom stereocenters. The summed E-state index contributed by atoms with van der Waals surface area (Å²) in [6, 6.07) is 0. The van der Waals surface area contributed by atoms with E-state index in [1.54, 1.807) is 0 Å². The maximum Gasteiger partial charge on any atom is 0.308 e. The molecule has 1 heterocycles. The van der Waals surface area contributed by atoms with Crippen molar-refractivity contribution in [3.8, 4) is 0 Å². The van der Waals surface area contributed by atoms with Gasteiger partial charge in [-0.05, 0) is 25.2 Å². The number of rotatable bonds is 3. The molecule has 1 saturated carbocycles. The second-order valence-electron chi connectivity index (χ2n) is 4.25. The van der Waals surface area contributed by atoms with Crippen LogP contribution in [0.5, 0.6) is 0 Å². The van der Waals surface area contributed by atoms with Crippen LogP contribution >= 0.6 is 0 Å². The van der Waals surface area contributed by atoms with E-state index in [1.165, 1.54) is 0 Å². The Labute approximate surface area is 83.2 Å². The zero-order chi connectivity index (χ0) is 10.3. The molecule has 1 aliphatic carbocycles. The molecule has 1 saturated heterocycles. The van der Waals surface area contributed by atoms with Gasteiger partial charge in [-0.2, -0.15) is 0 Å². The highest BCUT2D eigenvalue weighted by atomic mass is 32.2. The summed E-state index contributed by atoms with van der Waals surface area (Å²) < 4.78 is 22.7. The van der Waals surface area contributed by atoms with Crippen molar-refractivity contribution in [3.63, 3.8) is 0 Å². The Balaban J connectivity index is 2.14. The Bertz CT molecular complexity index is 342. The summed E-state index contributed by atoms with van der Waals surface area (Å²) in [7, 11) is -3.07. The highest BCUT2D eigenvalue weighted by Gasteiger charge is 2.49. The van der Waals surface area contributed by atoms with Crippen LogP contribution in [-0.2, 0) is 14.6 Å². The first-order valence-corrected chi connectivity index (χ1v) is 6.68. The lowest BCUT2D eigenvalue weighted by atomic mass is 9.74. The van der Waals surface area contributed by atoms with Gasteiger partial charge in [0, 0.05) is 0 Å². The van der Waals surface area contributed by atoms with Crippen molar-refractivity contribution in [2.24, 2.45) is 11.8 Å². The first-order chi connectivity index (χ1) is 6.52. The SMILES string of the molecule is O=C(O)C(C1CCC1)C1CCS1(=O)=O. The summed E-state index contributed by atoms with van der Waals surface area (Å²) in [4.78, 5) is 11.0. The molecule has 0 amide bonds. The molecule has 4 nitrogen and oxygen atoms in total. The summed E-state index contributed by atoms with van der Waals surface area (Å²) in [5.74, 6) is -1.29. The van der Waals surface area contributed by atoms with E-state index >= 15 is 0 Å². The van der Waals surface area contributed by atoms with E-state index in [2.05, 4.69) is 0 Å². The predicted octanol–water partition coefficient (Wildman–Crippen LogP) is 0.674. The van der Waals surface area contributed by atoms with Crippen LogP contribution in [0.15, 0.2) is 0 Å². The molecule has 1 N–H and O–H groups in total. The largest absolute Gasteiger partial charge is 0.481 e. The van der Waals surface area contributed by atoms with Crippen LogP contribution in [0, 0.1) is 11.8 Å². The standard InChI is InChI=1S/C9H14O4S/c10-9(11)8(6-2-1-3-6)7-4-5-14(7,12)13/h6-8H,1-5H2,(H,10,11). The number of carboxylic acid groups (broad SMARTS) is 1. The summed E-state index contributed by atoms with van der Waals surface area (Å²) in [5.41, 5.74) is 0. The first-order valence-electron chi connectivity index (χ1n) is 4.97. The fraction of sp³-hybridized carbons (Fsp3) is 0.889. The molecule has 80 valence electrons. The maximum absolute atomic E-state index is 11.3. The van der Waals surface area contributed by atoms with Crippen LogP contribution in [0.25, 0.3) is 0 Å². The molecule has 0 bridgehead atoms. The van der Waals surface area contributed by atoms with E-state index in [9.17, 15) is 13.2 Å². The van der Waals surface area contributed by atoms with Gasteiger partial charge in [-0.3, -0.25) is 4.79 Å². The number of carbonyl (C=O) groups is 1. The Morgan fingerprint density at radius 1 is 1.29 bits per heavy atom.